The lowest BCUT2D eigenvalue weighted by Crippen LogP contribution is -2.05. The Morgan fingerprint density at radius 2 is 1.88 bits per heavy atom. The summed E-state index contributed by atoms with van der Waals surface area (Å²) in [6.45, 7) is 0. The van der Waals surface area contributed by atoms with Gasteiger partial charge in [0.2, 0.25) is 0 Å². The average Bonchev–Trinajstić information content (AvgIpc) is 2.63. The molecule has 126 valence electrons. The van der Waals surface area contributed by atoms with E-state index in [0.717, 1.165) is 11.8 Å². The van der Waals surface area contributed by atoms with Crippen molar-refractivity contribution in [2.75, 3.05) is 5.73 Å². The third-order valence-corrected chi connectivity index (χ3v) is 4.25. The Balaban J connectivity index is 1.85. The van der Waals surface area contributed by atoms with Crippen molar-refractivity contribution in [2.45, 2.75) is 12.8 Å². The maximum atomic E-state index is 13.9. The predicted octanol–water partition coefficient (Wildman–Crippen LogP) is 4.12. The molecular weight excluding hydrogens is 341 g/mol. The van der Waals surface area contributed by atoms with Gasteiger partial charge >= 0.3 is 0 Å². The smallest absolute Gasteiger partial charge is 0.150 e. The van der Waals surface area contributed by atoms with Gasteiger partial charge in [0, 0.05) is 21.7 Å². The van der Waals surface area contributed by atoms with Crippen LogP contribution in [0.3, 0.4) is 0 Å². The second-order valence-electron chi connectivity index (χ2n) is 5.53. The van der Waals surface area contributed by atoms with E-state index in [2.05, 4.69) is 9.97 Å². The molecule has 0 bridgehead atoms. The van der Waals surface area contributed by atoms with Gasteiger partial charge in [0.15, 0.2) is 0 Å². The Morgan fingerprint density at radius 1 is 1.12 bits per heavy atom. The molecule has 0 fully saturated rings. The largest absolute Gasteiger partial charge is 0.382 e. The maximum Gasteiger partial charge on any atom is 0.150 e. The highest BCUT2D eigenvalue weighted by Gasteiger charge is 2.11. The van der Waals surface area contributed by atoms with Crippen molar-refractivity contribution in [3.63, 3.8) is 0 Å². The fourth-order valence-electron chi connectivity index (χ4n) is 2.51. The van der Waals surface area contributed by atoms with Crippen LogP contribution in [-0.4, -0.2) is 16.3 Å². The first-order valence-corrected chi connectivity index (χ1v) is 8.06. The number of carbonyl (C=O) groups is 1. The topological polar surface area (TPSA) is 68.9 Å². The van der Waals surface area contributed by atoms with E-state index in [1.165, 1.54) is 6.07 Å². The molecule has 0 amide bonds. The molecule has 1 heterocycles. The van der Waals surface area contributed by atoms with Crippen molar-refractivity contribution in [1.82, 2.24) is 9.97 Å². The molecule has 3 rings (SSSR count). The monoisotopic (exact) mass is 355 g/mol. The van der Waals surface area contributed by atoms with Crippen LogP contribution in [0.25, 0.3) is 11.3 Å². The van der Waals surface area contributed by atoms with Crippen LogP contribution >= 0.6 is 11.6 Å². The van der Waals surface area contributed by atoms with E-state index in [0.29, 0.717) is 46.2 Å². The van der Waals surface area contributed by atoms with Gasteiger partial charge in [-0.05, 0) is 25.0 Å². The Morgan fingerprint density at radius 3 is 2.56 bits per heavy atom. The zero-order valence-corrected chi connectivity index (χ0v) is 14.0. The summed E-state index contributed by atoms with van der Waals surface area (Å²) in [5.41, 5.74) is 8.97. The summed E-state index contributed by atoms with van der Waals surface area (Å²) in [4.78, 5) is 19.4. The molecule has 0 aliphatic carbocycles. The molecule has 0 unspecified atom stereocenters. The van der Waals surface area contributed by atoms with Crippen LogP contribution in [0.15, 0.2) is 48.7 Å². The molecule has 2 N–H and O–H groups in total. The molecule has 25 heavy (non-hydrogen) atoms. The standard InChI is InChI=1S/C19H15ClFN3O/c20-15-2-1-3-16(21)14(15)8-9-17-19(22)23-10-18(24-17)13-6-4-12(11-25)5-7-13/h1-7,10-11H,8-9H2,(H2,22,23). The lowest BCUT2D eigenvalue weighted by Gasteiger charge is -2.09. The Hall–Kier alpha value is -2.79. The van der Waals surface area contributed by atoms with Crippen LogP contribution in [0.5, 0.6) is 0 Å². The molecule has 6 heteroatoms. The van der Waals surface area contributed by atoms with E-state index in [-0.39, 0.29) is 5.82 Å². The number of rotatable bonds is 5. The molecule has 0 saturated carbocycles. The van der Waals surface area contributed by atoms with Gasteiger partial charge in [0.25, 0.3) is 0 Å². The van der Waals surface area contributed by atoms with Crippen LogP contribution in [0.4, 0.5) is 10.2 Å². The number of aldehydes is 1. The number of nitrogens with zero attached hydrogens (tertiary/aromatic N) is 2. The Kier molecular flexibility index (Phi) is 5.05. The number of nitrogen functional groups attached to an aromatic ring is 1. The molecule has 1 aromatic heterocycles. The van der Waals surface area contributed by atoms with Crippen LogP contribution in [0.1, 0.15) is 21.6 Å². The summed E-state index contributed by atoms with van der Waals surface area (Å²) >= 11 is 6.06. The van der Waals surface area contributed by atoms with Crippen molar-refractivity contribution in [2.24, 2.45) is 0 Å². The fourth-order valence-corrected chi connectivity index (χ4v) is 2.76. The Labute approximate surface area is 149 Å². The van der Waals surface area contributed by atoms with Gasteiger partial charge in [0.1, 0.15) is 17.9 Å². The maximum absolute atomic E-state index is 13.9. The number of aryl methyl sites for hydroxylation is 1. The molecule has 0 saturated heterocycles. The highest BCUT2D eigenvalue weighted by molar-refractivity contribution is 6.31. The number of aromatic nitrogens is 2. The van der Waals surface area contributed by atoms with Crippen LogP contribution in [-0.2, 0) is 12.8 Å². The van der Waals surface area contributed by atoms with Crippen molar-refractivity contribution in [3.05, 3.63) is 76.3 Å². The van der Waals surface area contributed by atoms with Gasteiger partial charge in [0.05, 0.1) is 17.6 Å². The number of nitrogens with two attached hydrogens (primary N) is 1. The predicted molar refractivity (Wildman–Crippen MR) is 96.1 cm³/mol. The zero-order chi connectivity index (χ0) is 17.8. The van der Waals surface area contributed by atoms with E-state index in [9.17, 15) is 9.18 Å². The minimum Gasteiger partial charge on any atom is -0.382 e. The molecule has 2 aromatic carbocycles. The second kappa shape index (κ2) is 7.40. The van der Waals surface area contributed by atoms with Gasteiger partial charge in [-0.3, -0.25) is 4.79 Å². The lowest BCUT2D eigenvalue weighted by molar-refractivity contribution is 0.112. The molecule has 0 aliphatic heterocycles. The molecule has 0 aliphatic rings. The SMILES string of the molecule is Nc1ncc(-c2ccc(C=O)cc2)nc1CCc1c(F)cccc1Cl. The highest BCUT2D eigenvalue weighted by atomic mass is 35.5. The van der Waals surface area contributed by atoms with Gasteiger partial charge in [-0.2, -0.15) is 0 Å². The van der Waals surface area contributed by atoms with E-state index in [1.54, 1.807) is 42.6 Å². The highest BCUT2D eigenvalue weighted by Crippen LogP contribution is 2.23. The molecular formula is C19H15ClFN3O. The summed E-state index contributed by atoms with van der Waals surface area (Å²) in [5, 5.41) is 0.382. The lowest BCUT2D eigenvalue weighted by atomic mass is 10.1. The van der Waals surface area contributed by atoms with Crippen molar-refractivity contribution in [1.29, 1.82) is 0 Å². The summed E-state index contributed by atoms with van der Waals surface area (Å²) in [6.07, 6.45) is 3.14. The fraction of sp³-hybridized carbons (Fsp3) is 0.105. The molecule has 3 aromatic rings. The zero-order valence-electron chi connectivity index (χ0n) is 13.2. The summed E-state index contributed by atoms with van der Waals surface area (Å²) in [6, 6.07) is 11.6. The summed E-state index contributed by atoms with van der Waals surface area (Å²) < 4.78 is 13.9. The normalized spacial score (nSPS) is 10.6. The van der Waals surface area contributed by atoms with E-state index in [4.69, 9.17) is 17.3 Å². The van der Waals surface area contributed by atoms with Gasteiger partial charge in [-0.25, -0.2) is 14.4 Å². The molecule has 0 radical (unpaired) electrons. The molecule has 4 nitrogen and oxygen atoms in total. The first kappa shape index (κ1) is 17.0. The summed E-state index contributed by atoms with van der Waals surface area (Å²) in [5.74, 6) is -0.0413. The quantitative estimate of drug-likeness (QED) is 0.699. The number of carbonyl (C=O) groups excluding carboxylic acids is 1. The number of benzene rings is 2. The molecule has 0 spiro atoms. The van der Waals surface area contributed by atoms with E-state index >= 15 is 0 Å². The van der Waals surface area contributed by atoms with Crippen molar-refractivity contribution in [3.8, 4) is 11.3 Å². The summed E-state index contributed by atoms with van der Waals surface area (Å²) in [7, 11) is 0. The Bertz CT molecular complexity index is 893. The first-order valence-electron chi connectivity index (χ1n) is 7.68. The third kappa shape index (κ3) is 3.83. The van der Waals surface area contributed by atoms with Crippen LogP contribution in [0, 0.1) is 5.82 Å². The van der Waals surface area contributed by atoms with Crippen molar-refractivity contribution < 1.29 is 9.18 Å². The second-order valence-corrected chi connectivity index (χ2v) is 5.93. The number of anilines is 1. The van der Waals surface area contributed by atoms with Crippen LogP contribution in [0.2, 0.25) is 5.02 Å². The number of hydrogen-bond acceptors (Lipinski definition) is 4. The van der Waals surface area contributed by atoms with E-state index in [1.807, 2.05) is 0 Å². The first-order chi connectivity index (χ1) is 12.1. The van der Waals surface area contributed by atoms with Gasteiger partial charge in [-0.15, -0.1) is 0 Å². The van der Waals surface area contributed by atoms with E-state index < -0.39 is 0 Å². The average molecular weight is 356 g/mol. The van der Waals surface area contributed by atoms with Crippen molar-refractivity contribution >= 4 is 23.7 Å². The third-order valence-electron chi connectivity index (χ3n) is 3.89. The number of hydrogen-bond donors (Lipinski definition) is 1. The number of halogens is 2. The van der Waals surface area contributed by atoms with Gasteiger partial charge in [-0.1, -0.05) is 41.9 Å². The van der Waals surface area contributed by atoms with Crippen LogP contribution < -0.4 is 5.73 Å². The minimum absolute atomic E-state index is 0.306. The van der Waals surface area contributed by atoms with Gasteiger partial charge < -0.3 is 5.73 Å². The minimum atomic E-state index is -0.348. The molecule has 0 atom stereocenters.